The fraction of sp³-hybridized carbons (Fsp3) is 0.500. The summed E-state index contributed by atoms with van der Waals surface area (Å²) < 4.78 is 5.52. The lowest BCUT2D eigenvalue weighted by Gasteiger charge is -2.18. The number of carbonyl (C=O) groups excluding carboxylic acids is 1. The Morgan fingerprint density at radius 1 is 1.50 bits per heavy atom. The van der Waals surface area contributed by atoms with Crippen molar-refractivity contribution in [2.75, 3.05) is 19.6 Å². The highest BCUT2D eigenvalue weighted by atomic mass is 35.5. The minimum atomic E-state index is -0.701. The normalized spacial score (nSPS) is 21.8. The largest absolute Gasteiger partial charge is 0.479 e. The van der Waals surface area contributed by atoms with Crippen molar-refractivity contribution in [3.8, 4) is 5.75 Å². The van der Waals surface area contributed by atoms with Crippen LogP contribution in [0.3, 0.4) is 0 Å². The van der Waals surface area contributed by atoms with Crippen LogP contribution in [0.4, 0.5) is 0 Å². The lowest BCUT2D eigenvalue weighted by atomic mass is 10.1. The van der Waals surface area contributed by atoms with Crippen LogP contribution in [-0.4, -0.2) is 42.9 Å². The van der Waals surface area contributed by atoms with Crippen molar-refractivity contribution in [2.45, 2.75) is 19.1 Å². The summed E-state index contributed by atoms with van der Waals surface area (Å²) in [7, 11) is 0. The van der Waals surface area contributed by atoms with Crippen LogP contribution in [0.5, 0.6) is 5.75 Å². The van der Waals surface area contributed by atoms with Gasteiger partial charge in [0.15, 0.2) is 6.10 Å². The topological polar surface area (TPSA) is 70.6 Å². The Balaban J connectivity index is 0.00000242. The third-order valence-electron chi connectivity index (χ3n) is 3.43. The van der Waals surface area contributed by atoms with E-state index in [2.05, 4.69) is 10.6 Å². The average molecular weight is 370 g/mol. The molecule has 124 valence electrons. The van der Waals surface area contributed by atoms with Crippen molar-refractivity contribution >= 4 is 41.5 Å². The average Bonchev–Trinajstić information content (AvgIpc) is 2.86. The summed E-state index contributed by atoms with van der Waals surface area (Å²) in [6.45, 7) is 3.29. The Morgan fingerprint density at radius 3 is 2.86 bits per heavy atom. The Hall–Kier alpha value is -0.720. The predicted molar refractivity (Wildman–Crippen MR) is 89.2 cm³/mol. The van der Waals surface area contributed by atoms with Crippen molar-refractivity contribution in [3.63, 3.8) is 0 Å². The number of β-amino-alcohol motifs (C(OH)–C–C–N with tert-alkyl or cyclic N) is 1. The number of aliphatic hydroxyl groups excluding tert-OH is 1. The van der Waals surface area contributed by atoms with Gasteiger partial charge in [-0.15, -0.1) is 12.4 Å². The van der Waals surface area contributed by atoms with E-state index in [1.807, 2.05) is 0 Å². The van der Waals surface area contributed by atoms with E-state index in [1.165, 1.54) is 0 Å². The number of nitrogens with one attached hydrogen (secondary N) is 2. The molecule has 1 heterocycles. The van der Waals surface area contributed by atoms with Gasteiger partial charge in [-0.3, -0.25) is 4.79 Å². The highest BCUT2D eigenvalue weighted by Crippen LogP contribution is 2.32. The maximum absolute atomic E-state index is 12.0. The SMILES string of the molecule is CC(Oc1cccc(Cl)c1Cl)C(=O)NCC1CNCC1O.Cl. The third kappa shape index (κ3) is 4.89. The molecule has 22 heavy (non-hydrogen) atoms. The second-order valence-corrected chi connectivity index (χ2v) is 5.83. The number of benzene rings is 1. The number of aliphatic hydroxyl groups is 1. The Kier molecular flexibility index (Phi) is 7.72. The van der Waals surface area contributed by atoms with Crippen molar-refractivity contribution in [3.05, 3.63) is 28.2 Å². The first-order chi connectivity index (χ1) is 9.99. The van der Waals surface area contributed by atoms with Crippen LogP contribution in [0.1, 0.15) is 6.92 Å². The van der Waals surface area contributed by atoms with Crippen LogP contribution in [0.15, 0.2) is 18.2 Å². The zero-order chi connectivity index (χ0) is 15.4. The van der Waals surface area contributed by atoms with Crippen LogP contribution in [0.2, 0.25) is 10.0 Å². The minimum Gasteiger partial charge on any atom is -0.479 e. The summed E-state index contributed by atoms with van der Waals surface area (Å²) >= 11 is 11.9. The summed E-state index contributed by atoms with van der Waals surface area (Å²) in [6.07, 6.45) is -1.13. The molecule has 1 aliphatic heterocycles. The van der Waals surface area contributed by atoms with E-state index in [0.717, 1.165) is 0 Å². The zero-order valence-corrected chi connectivity index (χ0v) is 14.3. The molecular weight excluding hydrogens is 351 g/mol. The summed E-state index contributed by atoms with van der Waals surface area (Å²) in [6, 6.07) is 5.01. The van der Waals surface area contributed by atoms with E-state index in [1.54, 1.807) is 25.1 Å². The Morgan fingerprint density at radius 2 is 2.23 bits per heavy atom. The van der Waals surface area contributed by atoms with Gasteiger partial charge in [0.05, 0.1) is 11.1 Å². The van der Waals surface area contributed by atoms with Crippen LogP contribution >= 0.6 is 35.6 Å². The Labute approximate surface area is 145 Å². The molecule has 1 aromatic rings. The van der Waals surface area contributed by atoms with Gasteiger partial charge in [0, 0.05) is 25.6 Å². The van der Waals surface area contributed by atoms with Crippen LogP contribution in [-0.2, 0) is 4.79 Å². The van der Waals surface area contributed by atoms with Gasteiger partial charge >= 0.3 is 0 Å². The molecule has 1 aromatic carbocycles. The molecule has 0 bridgehead atoms. The maximum atomic E-state index is 12.0. The zero-order valence-electron chi connectivity index (χ0n) is 12.0. The lowest BCUT2D eigenvalue weighted by molar-refractivity contribution is -0.127. The molecule has 1 saturated heterocycles. The van der Waals surface area contributed by atoms with Crippen molar-refractivity contribution < 1.29 is 14.6 Å². The number of amides is 1. The van der Waals surface area contributed by atoms with Gasteiger partial charge in [-0.25, -0.2) is 0 Å². The smallest absolute Gasteiger partial charge is 0.260 e. The third-order valence-corrected chi connectivity index (χ3v) is 4.23. The van der Waals surface area contributed by atoms with Gasteiger partial charge < -0.3 is 20.5 Å². The molecule has 1 amide bonds. The fourth-order valence-electron chi connectivity index (χ4n) is 2.12. The van der Waals surface area contributed by atoms with Gasteiger partial charge in [-0.1, -0.05) is 29.3 Å². The van der Waals surface area contributed by atoms with Crippen molar-refractivity contribution in [1.82, 2.24) is 10.6 Å². The van der Waals surface area contributed by atoms with Crippen molar-refractivity contribution in [1.29, 1.82) is 0 Å². The first-order valence-electron chi connectivity index (χ1n) is 6.76. The summed E-state index contributed by atoms with van der Waals surface area (Å²) in [5.74, 6) is 0.135. The van der Waals surface area contributed by atoms with E-state index >= 15 is 0 Å². The van der Waals surface area contributed by atoms with E-state index in [0.29, 0.717) is 30.4 Å². The van der Waals surface area contributed by atoms with Gasteiger partial charge in [-0.2, -0.15) is 0 Å². The highest BCUT2D eigenvalue weighted by molar-refractivity contribution is 6.42. The molecule has 1 aliphatic rings. The first kappa shape index (κ1) is 19.3. The van der Waals surface area contributed by atoms with E-state index < -0.39 is 12.2 Å². The molecule has 5 nitrogen and oxygen atoms in total. The van der Waals surface area contributed by atoms with Gasteiger partial charge in [0.25, 0.3) is 5.91 Å². The number of ether oxygens (including phenoxy) is 1. The van der Waals surface area contributed by atoms with Gasteiger partial charge in [-0.05, 0) is 19.1 Å². The molecule has 0 radical (unpaired) electrons. The van der Waals surface area contributed by atoms with E-state index in [-0.39, 0.29) is 29.3 Å². The Bertz CT molecular complexity index is 516. The van der Waals surface area contributed by atoms with Crippen molar-refractivity contribution in [2.24, 2.45) is 5.92 Å². The first-order valence-corrected chi connectivity index (χ1v) is 7.51. The number of hydrogen-bond donors (Lipinski definition) is 3. The molecule has 0 aromatic heterocycles. The van der Waals surface area contributed by atoms with Crippen LogP contribution in [0.25, 0.3) is 0 Å². The summed E-state index contributed by atoms with van der Waals surface area (Å²) in [5, 5.41) is 16.2. The lowest BCUT2D eigenvalue weighted by Crippen LogP contribution is -2.41. The molecule has 1 fully saturated rings. The van der Waals surface area contributed by atoms with E-state index in [9.17, 15) is 9.90 Å². The molecule has 0 spiro atoms. The van der Waals surface area contributed by atoms with Crippen LogP contribution in [0, 0.1) is 5.92 Å². The number of rotatable bonds is 5. The maximum Gasteiger partial charge on any atom is 0.260 e. The molecule has 3 unspecified atom stereocenters. The second kappa shape index (κ2) is 8.79. The molecule has 0 saturated carbocycles. The molecular formula is C14H19Cl3N2O3. The van der Waals surface area contributed by atoms with Gasteiger partial charge in [0.2, 0.25) is 0 Å². The number of carbonyl (C=O) groups is 1. The molecule has 3 atom stereocenters. The fourth-order valence-corrected chi connectivity index (χ4v) is 2.46. The number of hydrogen-bond acceptors (Lipinski definition) is 4. The quantitative estimate of drug-likeness (QED) is 0.741. The van der Waals surface area contributed by atoms with Gasteiger partial charge in [0.1, 0.15) is 10.8 Å². The molecule has 3 N–H and O–H groups in total. The number of halogens is 3. The predicted octanol–water partition coefficient (Wildman–Crippen LogP) is 1.88. The standard InChI is InChI=1S/C14H18Cl2N2O3.ClH/c1-8(21-12-4-2-3-10(15)13(12)16)14(20)18-6-9-5-17-7-11(9)19;/h2-4,8-9,11,17,19H,5-7H2,1H3,(H,18,20);1H. The monoisotopic (exact) mass is 368 g/mol. The van der Waals surface area contributed by atoms with E-state index in [4.69, 9.17) is 27.9 Å². The summed E-state index contributed by atoms with van der Waals surface area (Å²) in [5.41, 5.74) is 0. The molecule has 0 aliphatic carbocycles. The molecule has 2 rings (SSSR count). The highest BCUT2D eigenvalue weighted by Gasteiger charge is 2.26. The van der Waals surface area contributed by atoms with Crippen LogP contribution < -0.4 is 15.4 Å². The molecule has 8 heteroatoms. The second-order valence-electron chi connectivity index (χ2n) is 5.04. The minimum absolute atomic E-state index is 0. The summed E-state index contributed by atoms with van der Waals surface area (Å²) in [4.78, 5) is 12.0.